The van der Waals surface area contributed by atoms with E-state index >= 15 is 0 Å². The van der Waals surface area contributed by atoms with Crippen LogP contribution >= 0.6 is 0 Å². The molecule has 1 aromatic rings. The molecule has 20 heavy (non-hydrogen) atoms. The topological polar surface area (TPSA) is 50.2 Å². The van der Waals surface area contributed by atoms with Gasteiger partial charge in [-0.2, -0.15) is 5.10 Å². The van der Waals surface area contributed by atoms with Crippen molar-refractivity contribution in [2.45, 2.75) is 45.1 Å². The molecule has 1 saturated heterocycles. The lowest BCUT2D eigenvalue weighted by Crippen LogP contribution is -2.38. The molecule has 2 rings (SSSR count). The Kier molecular flexibility index (Phi) is 5.17. The number of amides is 1. The molecule has 1 aromatic heterocycles. The summed E-state index contributed by atoms with van der Waals surface area (Å²) in [7, 11) is 3.75. The fourth-order valence-electron chi connectivity index (χ4n) is 2.80. The summed E-state index contributed by atoms with van der Waals surface area (Å²) in [4.78, 5) is 14.3. The molecule has 0 bridgehead atoms. The molecule has 0 saturated carbocycles. The van der Waals surface area contributed by atoms with E-state index < -0.39 is 0 Å². The van der Waals surface area contributed by atoms with Crippen LogP contribution in [0.4, 0.5) is 0 Å². The molecule has 0 radical (unpaired) electrons. The second-order valence-corrected chi connectivity index (χ2v) is 5.68. The van der Waals surface area contributed by atoms with Gasteiger partial charge in [0.15, 0.2) is 0 Å². The van der Waals surface area contributed by atoms with Gasteiger partial charge in [0.25, 0.3) is 5.91 Å². The second-order valence-electron chi connectivity index (χ2n) is 5.68. The van der Waals surface area contributed by atoms with Crippen LogP contribution in [0.1, 0.15) is 48.7 Å². The maximum absolute atomic E-state index is 12.5. The first-order valence-corrected chi connectivity index (χ1v) is 7.63. The van der Waals surface area contributed by atoms with Gasteiger partial charge < -0.3 is 10.2 Å². The maximum Gasteiger partial charge on any atom is 0.257 e. The summed E-state index contributed by atoms with van der Waals surface area (Å²) in [5.41, 5.74) is 1.63. The van der Waals surface area contributed by atoms with E-state index in [2.05, 4.69) is 10.4 Å². The van der Waals surface area contributed by atoms with Gasteiger partial charge in [0.1, 0.15) is 0 Å². The minimum Gasteiger partial charge on any atom is -0.342 e. The third-order valence-electron chi connectivity index (χ3n) is 4.04. The number of rotatable bonds is 5. The number of nitrogens with zero attached hydrogens (tertiary/aromatic N) is 3. The highest BCUT2D eigenvalue weighted by atomic mass is 16.2. The van der Waals surface area contributed by atoms with E-state index in [-0.39, 0.29) is 5.91 Å². The first kappa shape index (κ1) is 15.0. The van der Waals surface area contributed by atoms with E-state index in [4.69, 9.17) is 0 Å². The van der Waals surface area contributed by atoms with Crippen molar-refractivity contribution < 1.29 is 4.79 Å². The third kappa shape index (κ3) is 3.60. The zero-order valence-corrected chi connectivity index (χ0v) is 12.9. The van der Waals surface area contributed by atoms with Crippen LogP contribution in [0.15, 0.2) is 6.20 Å². The van der Waals surface area contributed by atoms with Crippen LogP contribution in [0.25, 0.3) is 0 Å². The number of nitrogens with one attached hydrogen (secondary N) is 1. The molecule has 0 aromatic carbocycles. The predicted molar refractivity (Wildman–Crippen MR) is 79.8 cm³/mol. The Morgan fingerprint density at radius 2 is 2.35 bits per heavy atom. The molecule has 0 aliphatic carbocycles. The van der Waals surface area contributed by atoms with Crippen LogP contribution in [0.3, 0.4) is 0 Å². The van der Waals surface area contributed by atoms with E-state index in [1.165, 1.54) is 19.3 Å². The predicted octanol–water partition coefficient (Wildman–Crippen LogP) is 1.59. The molecule has 5 heteroatoms. The number of hydrogen-bond donors (Lipinski definition) is 1. The molecule has 1 amide bonds. The normalized spacial score (nSPS) is 19.1. The first-order valence-electron chi connectivity index (χ1n) is 7.63. The fourth-order valence-corrected chi connectivity index (χ4v) is 2.80. The molecule has 1 aliphatic rings. The molecule has 1 aliphatic heterocycles. The molecule has 112 valence electrons. The number of aryl methyl sites for hydroxylation is 2. The summed E-state index contributed by atoms with van der Waals surface area (Å²) >= 11 is 0. The fraction of sp³-hybridized carbons (Fsp3) is 0.733. The Labute approximate surface area is 121 Å². The van der Waals surface area contributed by atoms with Crippen LogP contribution < -0.4 is 5.32 Å². The third-order valence-corrected chi connectivity index (χ3v) is 4.04. The molecule has 1 atom stereocenters. The summed E-state index contributed by atoms with van der Waals surface area (Å²) in [6.07, 6.45) is 7.47. The molecular formula is C15H26N4O. The molecule has 5 nitrogen and oxygen atoms in total. The van der Waals surface area contributed by atoms with Crippen molar-refractivity contribution >= 4 is 5.91 Å². The average molecular weight is 278 g/mol. The Morgan fingerprint density at radius 1 is 1.55 bits per heavy atom. The zero-order valence-electron chi connectivity index (χ0n) is 12.9. The summed E-state index contributed by atoms with van der Waals surface area (Å²) in [6, 6.07) is 0.568. The highest BCUT2D eigenvalue weighted by Gasteiger charge is 2.19. The molecular weight excluding hydrogens is 252 g/mol. The standard InChI is InChI=1S/C15H26N4O/c1-4-14-13(11-19(3)17-14)15(20)18(2)10-8-12-7-5-6-9-16-12/h11-12,16H,4-10H2,1-3H3. The van der Waals surface area contributed by atoms with Gasteiger partial charge >= 0.3 is 0 Å². The largest absolute Gasteiger partial charge is 0.342 e. The molecule has 1 fully saturated rings. The van der Waals surface area contributed by atoms with Gasteiger partial charge in [-0.05, 0) is 32.2 Å². The number of aromatic nitrogens is 2. The first-order chi connectivity index (χ1) is 9.61. The summed E-state index contributed by atoms with van der Waals surface area (Å²) in [5.74, 6) is 0.0887. The number of carbonyl (C=O) groups excluding carboxylic acids is 1. The van der Waals surface area contributed by atoms with Crippen molar-refractivity contribution in [3.63, 3.8) is 0 Å². The maximum atomic E-state index is 12.5. The van der Waals surface area contributed by atoms with Crippen LogP contribution in [-0.2, 0) is 13.5 Å². The van der Waals surface area contributed by atoms with E-state index in [1.54, 1.807) is 4.68 Å². The Bertz CT molecular complexity index is 449. The van der Waals surface area contributed by atoms with Crippen molar-refractivity contribution in [3.8, 4) is 0 Å². The SMILES string of the molecule is CCc1nn(C)cc1C(=O)N(C)CCC1CCCCN1. The number of piperidine rings is 1. The molecule has 2 heterocycles. The van der Waals surface area contributed by atoms with Gasteiger partial charge in [-0.25, -0.2) is 0 Å². The van der Waals surface area contributed by atoms with Crippen molar-refractivity contribution in [3.05, 3.63) is 17.5 Å². The van der Waals surface area contributed by atoms with E-state index in [1.807, 2.05) is 32.1 Å². The molecule has 1 unspecified atom stereocenters. The summed E-state index contributed by atoms with van der Waals surface area (Å²) < 4.78 is 1.72. The highest BCUT2D eigenvalue weighted by molar-refractivity contribution is 5.94. The zero-order chi connectivity index (χ0) is 14.5. The minimum absolute atomic E-state index is 0.0887. The van der Waals surface area contributed by atoms with Crippen LogP contribution in [0.5, 0.6) is 0 Å². The van der Waals surface area contributed by atoms with Gasteiger partial charge in [-0.1, -0.05) is 13.3 Å². The lowest BCUT2D eigenvalue weighted by atomic mass is 10.0. The van der Waals surface area contributed by atoms with E-state index in [0.717, 1.165) is 37.2 Å². The smallest absolute Gasteiger partial charge is 0.257 e. The van der Waals surface area contributed by atoms with Gasteiger partial charge in [0.2, 0.25) is 0 Å². The summed E-state index contributed by atoms with van der Waals surface area (Å²) in [5, 5.41) is 7.86. The number of carbonyl (C=O) groups is 1. The van der Waals surface area contributed by atoms with E-state index in [9.17, 15) is 4.79 Å². The Balaban J connectivity index is 1.90. The number of hydrogen-bond acceptors (Lipinski definition) is 3. The van der Waals surface area contributed by atoms with Crippen LogP contribution in [-0.4, -0.2) is 46.8 Å². The minimum atomic E-state index is 0.0887. The highest BCUT2D eigenvalue weighted by Crippen LogP contribution is 2.13. The van der Waals surface area contributed by atoms with E-state index in [0.29, 0.717) is 6.04 Å². The lowest BCUT2D eigenvalue weighted by molar-refractivity contribution is 0.0787. The lowest BCUT2D eigenvalue weighted by Gasteiger charge is -2.26. The van der Waals surface area contributed by atoms with Crippen LogP contribution in [0.2, 0.25) is 0 Å². The summed E-state index contributed by atoms with van der Waals surface area (Å²) in [6.45, 7) is 3.95. The van der Waals surface area contributed by atoms with Crippen molar-refractivity contribution in [2.75, 3.05) is 20.1 Å². The monoisotopic (exact) mass is 278 g/mol. The Hall–Kier alpha value is -1.36. The van der Waals surface area contributed by atoms with Gasteiger partial charge in [-0.15, -0.1) is 0 Å². The molecule has 1 N–H and O–H groups in total. The van der Waals surface area contributed by atoms with Gasteiger partial charge in [0.05, 0.1) is 11.3 Å². The second kappa shape index (κ2) is 6.88. The van der Waals surface area contributed by atoms with Gasteiger partial charge in [-0.3, -0.25) is 9.48 Å². The average Bonchev–Trinajstić information content (AvgIpc) is 2.86. The Morgan fingerprint density at radius 3 is 3.00 bits per heavy atom. The molecule has 0 spiro atoms. The van der Waals surface area contributed by atoms with Gasteiger partial charge in [0, 0.05) is 32.9 Å². The van der Waals surface area contributed by atoms with Crippen molar-refractivity contribution in [2.24, 2.45) is 7.05 Å². The van der Waals surface area contributed by atoms with Crippen molar-refractivity contribution in [1.29, 1.82) is 0 Å². The van der Waals surface area contributed by atoms with Crippen molar-refractivity contribution in [1.82, 2.24) is 20.0 Å². The van der Waals surface area contributed by atoms with Crippen LogP contribution in [0, 0.1) is 0 Å². The quantitative estimate of drug-likeness (QED) is 0.890.